The lowest BCUT2D eigenvalue weighted by molar-refractivity contribution is -0.244. The average Bonchev–Trinajstić information content (AvgIpc) is 2.76. The highest BCUT2D eigenvalue weighted by atomic mass is 31.1. The van der Waals surface area contributed by atoms with Gasteiger partial charge in [-0.1, -0.05) is 12.1 Å². The number of benzene rings is 1. The van der Waals surface area contributed by atoms with Crippen LogP contribution in [-0.2, 0) is 20.5 Å². The quantitative estimate of drug-likeness (QED) is 0.297. The summed E-state index contributed by atoms with van der Waals surface area (Å²) in [4.78, 5) is 26.8. The van der Waals surface area contributed by atoms with Gasteiger partial charge in [0.05, 0.1) is 14.2 Å². The van der Waals surface area contributed by atoms with Gasteiger partial charge in [-0.05, 0) is 46.4 Å². The molecular formula is C19H25N2O7P. The second-order valence-electron chi connectivity index (χ2n) is 5.62. The lowest BCUT2D eigenvalue weighted by Crippen LogP contribution is -2.27. The molecule has 29 heavy (non-hydrogen) atoms. The van der Waals surface area contributed by atoms with Gasteiger partial charge >= 0.3 is 8.25 Å². The van der Waals surface area contributed by atoms with E-state index in [2.05, 4.69) is 9.66 Å². The van der Waals surface area contributed by atoms with E-state index in [1.54, 1.807) is 50.7 Å². The maximum Gasteiger partial charge on any atom is 0.521 e. The number of amides is 1. The molecule has 158 valence electrons. The first-order chi connectivity index (χ1) is 13.9. The van der Waals surface area contributed by atoms with Crippen LogP contribution in [-0.4, -0.2) is 48.9 Å². The fourth-order valence-corrected chi connectivity index (χ4v) is 2.21. The Kier molecular flexibility index (Phi) is 11.1. The summed E-state index contributed by atoms with van der Waals surface area (Å²) in [6, 6.07) is 9.53. The monoisotopic (exact) mass is 424 g/mol. The van der Waals surface area contributed by atoms with Crippen LogP contribution in [0.3, 0.4) is 0 Å². The molecule has 9 nitrogen and oxygen atoms in total. The second-order valence-corrected chi connectivity index (χ2v) is 6.23. The molecule has 2 aromatic rings. The Labute approximate surface area is 171 Å². The minimum absolute atomic E-state index is 0. The smallest absolute Gasteiger partial charge is 0.521 e. The summed E-state index contributed by atoms with van der Waals surface area (Å²) in [5, 5.41) is 7.05. The highest BCUT2D eigenvalue weighted by molar-refractivity contribution is 7.30. The fourth-order valence-electron chi connectivity index (χ4n) is 2.21. The molecule has 1 atom stereocenters. The van der Waals surface area contributed by atoms with Crippen molar-refractivity contribution in [3.05, 3.63) is 59.9 Å². The maximum atomic E-state index is 12.1. The molecule has 1 aromatic heterocycles. The molecule has 10 heteroatoms. The van der Waals surface area contributed by atoms with Gasteiger partial charge in [0, 0.05) is 38.2 Å². The molecule has 0 radical (unpaired) electrons. The average molecular weight is 424 g/mol. The van der Waals surface area contributed by atoms with Crippen LogP contribution in [0.15, 0.2) is 48.8 Å². The van der Waals surface area contributed by atoms with E-state index in [1.165, 1.54) is 0 Å². The number of hydrogen-bond donors (Lipinski definition) is 1. The minimum Gasteiger partial charge on any atom is -0.565 e. The van der Waals surface area contributed by atoms with Crippen molar-refractivity contribution in [3.8, 4) is 11.5 Å². The summed E-state index contributed by atoms with van der Waals surface area (Å²) >= 11 is 0. The predicted octanol–water partition coefficient (Wildman–Crippen LogP) is 2.55. The van der Waals surface area contributed by atoms with Gasteiger partial charge < -0.3 is 19.3 Å². The van der Waals surface area contributed by atoms with Gasteiger partial charge in [0.1, 0.15) is 0 Å². The van der Waals surface area contributed by atoms with Gasteiger partial charge in [-0.3, -0.25) is 9.78 Å². The number of methoxy groups -OCH3 is 2. The summed E-state index contributed by atoms with van der Waals surface area (Å²) in [5.74, 6) is 1.35. The number of ether oxygens (including phenoxy) is 2. The van der Waals surface area contributed by atoms with Gasteiger partial charge in [0.2, 0.25) is 5.91 Å². The van der Waals surface area contributed by atoms with E-state index >= 15 is 0 Å². The standard InChI is InChI=1S/C19H22N2O3.HO4P.H2/c1-21(19(22)9-7-16-5-4-11-20-14-16)12-10-15-6-8-17(23-2)18(13-15)24-3;1-4-5(2)3;/h4-9,11,13-14H,10,12H2,1-3H3;1H;1H/b9-7+;;. The van der Waals surface area contributed by atoms with E-state index < -0.39 is 8.25 Å². The lowest BCUT2D eigenvalue weighted by atomic mass is 10.1. The SMILES string of the molecule is COc1ccc(CCN(C)C(=O)/C=C/c2cccnc2)cc1OC.O=[P+]([O-])OO.[HH]. The molecule has 1 amide bonds. The molecular weight excluding hydrogens is 399 g/mol. The Hall–Kier alpha value is -2.84. The number of carbonyl (C=O) groups excluding carboxylic acids is 1. The van der Waals surface area contributed by atoms with Crippen LogP contribution >= 0.6 is 8.25 Å². The maximum absolute atomic E-state index is 12.1. The zero-order valence-electron chi connectivity index (χ0n) is 16.3. The molecule has 0 aliphatic carbocycles. The number of rotatable bonds is 8. The summed E-state index contributed by atoms with van der Waals surface area (Å²) in [7, 11) is 1.97. The highest BCUT2D eigenvalue weighted by Crippen LogP contribution is 2.27. The molecule has 0 fully saturated rings. The van der Waals surface area contributed by atoms with E-state index in [0.717, 1.165) is 17.5 Å². The summed E-state index contributed by atoms with van der Waals surface area (Å²) in [5.41, 5.74) is 1.99. The van der Waals surface area contributed by atoms with Crippen LogP contribution in [0.5, 0.6) is 11.5 Å². The van der Waals surface area contributed by atoms with Crippen molar-refractivity contribution in [1.29, 1.82) is 0 Å². The second kappa shape index (κ2) is 13.4. The number of carbonyl (C=O) groups is 1. The van der Waals surface area contributed by atoms with E-state index in [-0.39, 0.29) is 7.33 Å². The van der Waals surface area contributed by atoms with E-state index in [4.69, 9.17) is 24.2 Å². The number of nitrogens with zero attached hydrogens (tertiary/aromatic N) is 2. The summed E-state index contributed by atoms with van der Waals surface area (Å²) < 4.78 is 22.2. The van der Waals surface area contributed by atoms with Gasteiger partial charge in [-0.15, -0.1) is 0 Å². The molecule has 0 saturated heterocycles. The first-order valence-corrected chi connectivity index (χ1v) is 9.50. The Bertz CT molecular complexity index is 822. The van der Waals surface area contributed by atoms with Crippen LogP contribution in [0, 0.1) is 0 Å². The Balaban J connectivity index is 0.00000125. The first kappa shape index (κ1) is 24.2. The number of likely N-dealkylation sites (N-methyl/N-ethyl adjacent to an activating group) is 1. The number of aromatic nitrogens is 1. The van der Waals surface area contributed by atoms with E-state index in [0.29, 0.717) is 18.0 Å². The van der Waals surface area contributed by atoms with Crippen LogP contribution in [0.2, 0.25) is 0 Å². The Morgan fingerprint density at radius 3 is 2.55 bits per heavy atom. The molecule has 1 aromatic carbocycles. The zero-order valence-corrected chi connectivity index (χ0v) is 17.2. The normalized spacial score (nSPS) is 10.7. The lowest BCUT2D eigenvalue weighted by Gasteiger charge is -2.16. The van der Waals surface area contributed by atoms with Crippen LogP contribution < -0.4 is 14.4 Å². The molecule has 0 bridgehead atoms. The van der Waals surface area contributed by atoms with Gasteiger partial charge in [0.15, 0.2) is 11.5 Å². The molecule has 0 saturated carbocycles. The Morgan fingerprint density at radius 1 is 1.31 bits per heavy atom. The first-order valence-electron chi connectivity index (χ1n) is 8.41. The molecule has 0 aliphatic heterocycles. The Morgan fingerprint density at radius 2 is 2.00 bits per heavy atom. The van der Waals surface area contributed by atoms with Crippen LogP contribution in [0.25, 0.3) is 6.08 Å². The van der Waals surface area contributed by atoms with E-state index in [1.807, 2.05) is 30.3 Å². The van der Waals surface area contributed by atoms with Crippen molar-refractivity contribution in [3.63, 3.8) is 0 Å². The van der Waals surface area contributed by atoms with Gasteiger partial charge in [0.25, 0.3) is 0 Å². The van der Waals surface area contributed by atoms with Crippen molar-refractivity contribution >= 4 is 20.2 Å². The minimum atomic E-state index is -3.04. The van der Waals surface area contributed by atoms with Crippen molar-refractivity contribution < 1.29 is 35.1 Å². The molecule has 2 rings (SSSR count). The number of hydrogen-bond acceptors (Lipinski definition) is 8. The summed E-state index contributed by atoms with van der Waals surface area (Å²) in [6.45, 7) is 0.617. The predicted molar refractivity (Wildman–Crippen MR) is 108 cm³/mol. The molecule has 1 N–H and O–H groups in total. The largest absolute Gasteiger partial charge is 0.565 e. The van der Waals surface area contributed by atoms with Crippen molar-refractivity contribution in [2.45, 2.75) is 6.42 Å². The number of pyridine rings is 1. The highest BCUT2D eigenvalue weighted by Gasteiger charge is 2.08. The van der Waals surface area contributed by atoms with Gasteiger partial charge in [-0.2, -0.15) is 0 Å². The van der Waals surface area contributed by atoms with Crippen molar-refractivity contribution in [2.24, 2.45) is 0 Å². The van der Waals surface area contributed by atoms with Crippen molar-refractivity contribution in [2.75, 3.05) is 27.8 Å². The third-order valence-corrected chi connectivity index (χ3v) is 3.86. The van der Waals surface area contributed by atoms with E-state index in [9.17, 15) is 4.79 Å². The summed E-state index contributed by atoms with van der Waals surface area (Å²) in [6.07, 6.45) is 7.49. The fraction of sp³-hybridized carbons (Fsp3) is 0.263. The third kappa shape index (κ3) is 9.27. The van der Waals surface area contributed by atoms with Crippen molar-refractivity contribution in [1.82, 2.24) is 9.88 Å². The topological polar surface area (TPSA) is 121 Å². The third-order valence-electron chi connectivity index (χ3n) is 3.73. The zero-order chi connectivity index (χ0) is 21.6. The van der Waals surface area contributed by atoms with Crippen LogP contribution in [0.1, 0.15) is 12.6 Å². The molecule has 0 spiro atoms. The molecule has 1 heterocycles. The van der Waals surface area contributed by atoms with Gasteiger partial charge in [-0.25, -0.2) is 5.26 Å². The molecule has 1 unspecified atom stereocenters. The van der Waals surface area contributed by atoms with Crippen LogP contribution in [0.4, 0.5) is 0 Å². The molecule has 0 aliphatic rings.